The average molecular weight is 539 g/mol. The number of rotatable bonds is 11. The van der Waals surface area contributed by atoms with Crippen LogP contribution >= 0.6 is 0 Å². The van der Waals surface area contributed by atoms with Gasteiger partial charge >= 0.3 is 8.56 Å². The third-order valence-corrected chi connectivity index (χ3v) is 13.8. The molecule has 1 N–H and O–H groups in total. The molecule has 1 fully saturated rings. The molecule has 37 heavy (non-hydrogen) atoms. The molecule has 8 atom stereocenters. The number of aliphatic hydroxyl groups is 1. The highest BCUT2D eigenvalue weighted by Gasteiger charge is 2.64. The minimum Gasteiger partial charge on any atom is -0.392 e. The monoisotopic (exact) mass is 538 g/mol. The van der Waals surface area contributed by atoms with E-state index >= 15 is 0 Å². The zero-order valence-corrected chi connectivity index (χ0v) is 27.4. The molecule has 1 rings (SSSR count). The fourth-order valence-electron chi connectivity index (χ4n) is 6.58. The van der Waals surface area contributed by atoms with Crippen LogP contribution in [0.1, 0.15) is 116 Å². The molecule has 6 heteroatoms. The maximum absolute atomic E-state index is 13.4. The van der Waals surface area contributed by atoms with Crippen LogP contribution in [-0.4, -0.2) is 43.5 Å². The molecule has 1 heterocycles. The number of carbonyl (C=O) groups is 2. The number of allylic oxidation sites excluding steroid dienone is 2. The molecular formula is C31H58O5Si. The number of hydrogen-bond acceptors (Lipinski definition) is 5. The summed E-state index contributed by atoms with van der Waals surface area (Å²) in [5.41, 5.74) is 1.21. The van der Waals surface area contributed by atoms with Crippen LogP contribution in [0.25, 0.3) is 0 Å². The van der Waals surface area contributed by atoms with E-state index < -0.39 is 20.6 Å². The number of Topliss-reactive ketones (excluding diaryl/α,β-unsaturated/α-hetero) is 2. The van der Waals surface area contributed by atoms with E-state index in [0.29, 0.717) is 12.8 Å². The molecule has 0 aromatic carbocycles. The molecule has 0 spiro atoms. The van der Waals surface area contributed by atoms with E-state index in [2.05, 4.69) is 68.4 Å². The summed E-state index contributed by atoms with van der Waals surface area (Å²) in [6.45, 7) is 28.9. The van der Waals surface area contributed by atoms with Crippen molar-refractivity contribution in [2.45, 2.75) is 145 Å². The fraction of sp³-hybridized carbons (Fsp3) is 0.871. The summed E-state index contributed by atoms with van der Waals surface area (Å²) in [5.74, 6) is -1.05. The van der Waals surface area contributed by atoms with Gasteiger partial charge in [0.2, 0.25) is 0 Å². The van der Waals surface area contributed by atoms with Crippen molar-refractivity contribution < 1.29 is 23.5 Å². The predicted molar refractivity (Wildman–Crippen MR) is 156 cm³/mol. The molecule has 0 bridgehead atoms. The predicted octanol–water partition coefficient (Wildman–Crippen LogP) is 7.65. The number of hydrogen-bond donors (Lipinski definition) is 1. The topological polar surface area (TPSA) is 72.8 Å². The van der Waals surface area contributed by atoms with E-state index in [-0.39, 0.29) is 57.5 Å². The van der Waals surface area contributed by atoms with Gasteiger partial charge in [0.1, 0.15) is 11.6 Å². The van der Waals surface area contributed by atoms with Gasteiger partial charge < -0.3 is 14.0 Å². The zero-order chi connectivity index (χ0) is 29.1. The smallest absolute Gasteiger partial charge is 0.349 e. The summed E-state index contributed by atoms with van der Waals surface area (Å²) in [4.78, 5) is 26.2. The Labute approximate surface area is 229 Å². The van der Waals surface area contributed by atoms with Crippen LogP contribution in [0.15, 0.2) is 11.6 Å². The molecule has 0 aliphatic carbocycles. The van der Waals surface area contributed by atoms with E-state index in [1.54, 1.807) is 0 Å². The van der Waals surface area contributed by atoms with Gasteiger partial charge in [0.15, 0.2) is 0 Å². The van der Waals surface area contributed by atoms with E-state index in [1.165, 1.54) is 5.57 Å². The highest BCUT2D eigenvalue weighted by Crippen LogP contribution is 2.57. The van der Waals surface area contributed by atoms with E-state index in [0.717, 1.165) is 6.42 Å². The molecule has 1 saturated heterocycles. The highest BCUT2D eigenvalue weighted by atomic mass is 28.4. The van der Waals surface area contributed by atoms with Crippen LogP contribution in [0, 0.1) is 29.6 Å². The van der Waals surface area contributed by atoms with Gasteiger partial charge in [-0.2, -0.15) is 0 Å². The lowest BCUT2D eigenvalue weighted by Gasteiger charge is -2.59. The Morgan fingerprint density at radius 1 is 0.946 bits per heavy atom. The molecule has 216 valence electrons. The average Bonchev–Trinajstić information content (AvgIpc) is 2.79. The largest absolute Gasteiger partial charge is 0.392 e. The number of aliphatic hydroxyl groups excluding tert-OH is 1. The second kappa shape index (κ2) is 13.0. The molecule has 0 amide bonds. The van der Waals surface area contributed by atoms with Crippen LogP contribution in [0.2, 0.25) is 10.1 Å². The Kier molecular flexibility index (Phi) is 12.0. The molecular weight excluding hydrogens is 480 g/mol. The van der Waals surface area contributed by atoms with Gasteiger partial charge in [0, 0.05) is 46.1 Å². The van der Waals surface area contributed by atoms with E-state index in [1.807, 2.05) is 34.6 Å². The SMILES string of the molecule is CC/C=C(\C)C[C@@H](C)C(=O)[C@H](C)[C@@H](O)[C@@H](C)[C@H]1O[Si](C(C)(C)C)(C(C)(C)C)O[C@@H]([C@H](C)C(=O)CC)[C@@H]1C. The Morgan fingerprint density at radius 3 is 1.86 bits per heavy atom. The lowest BCUT2D eigenvalue weighted by molar-refractivity contribution is -0.145. The molecule has 0 aromatic heterocycles. The van der Waals surface area contributed by atoms with Crippen molar-refractivity contribution >= 4 is 20.1 Å². The van der Waals surface area contributed by atoms with Crippen molar-refractivity contribution in [1.29, 1.82) is 0 Å². The van der Waals surface area contributed by atoms with Crippen molar-refractivity contribution in [3.8, 4) is 0 Å². The highest BCUT2D eigenvalue weighted by molar-refractivity contribution is 6.73. The summed E-state index contributed by atoms with van der Waals surface area (Å²) in [6, 6.07) is 0. The number of ketones is 2. The quantitative estimate of drug-likeness (QED) is 0.216. The Bertz CT molecular complexity index is 791. The third kappa shape index (κ3) is 7.43. The lowest BCUT2D eigenvalue weighted by atomic mass is 9.76. The standard InChI is InChI=1S/C31H58O5Si/c1-15-17-19(3)18-20(4)26(33)22(6)27(34)23(7)29-24(8)28(21(5)25(32)16-2)35-37(36-29,30(9,10)11)31(12,13)14/h17,20-24,27-29,34H,15-16,18H2,1-14H3/b19-17+/t20-,21-,22+,23-,24+,27-,28+,29-/m1/s1. The summed E-state index contributed by atoms with van der Waals surface area (Å²) >= 11 is 0. The van der Waals surface area contributed by atoms with Gasteiger partial charge in [0.05, 0.1) is 18.3 Å². The van der Waals surface area contributed by atoms with Crippen LogP contribution in [0.4, 0.5) is 0 Å². The first-order valence-corrected chi connectivity index (χ1v) is 16.3. The summed E-state index contributed by atoms with van der Waals surface area (Å²) in [5, 5.41) is 11.0. The van der Waals surface area contributed by atoms with Crippen molar-refractivity contribution in [3.63, 3.8) is 0 Å². The van der Waals surface area contributed by atoms with Crippen molar-refractivity contribution in [2.75, 3.05) is 0 Å². The summed E-state index contributed by atoms with van der Waals surface area (Å²) < 4.78 is 14.1. The Hall–Kier alpha value is -0.823. The van der Waals surface area contributed by atoms with Gasteiger partial charge in [-0.3, -0.25) is 9.59 Å². The molecule has 0 unspecified atom stereocenters. The van der Waals surface area contributed by atoms with Crippen molar-refractivity contribution in [3.05, 3.63) is 11.6 Å². The zero-order valence-electron chi connectivity index (χ0n) is 26.4. The van der Waals surface area contributed by atoms with Crippen molar-refractivity contribution in [2.24, 2.45) is 29.6 Å². The van der Waals surface area contributed by atoms with E-state index in [4.69, 9.17) is 8.85 Å². The first kappa shape index (κ1) is 34.2. The second-order valence-corrected chi connectivity index (χ2v) is 18.6. The molecule has 0 aromatic rings. The molecule has 0 saturated carbocycles. The molecule has 1 aliphatic heterocycles. The van der Waals surface area contributed by atoms with E-state index in [9.17, 15) is 14.7 Å². The fourth-order valence-corrected chi connectivity index (χ4v) is 11.9. The second-order valence-electron chi connectivity index (χ2n) is 13.9. The minimum atomic E-state index is -2.95. The summed E-state index contributed by atoms with van der Waals surface area (Å²) in [7, 11) is -2.95. The molecule has 1 aliphatic rings. The van der Waals surface area contributed by atoms with Gasteiger partial charge in [-0.25, -0.2) is 0 Å². The van der Waals surface area contributed by atoms with Crippen LogP contribution in [0.3, 0.4) is 0 Å². The first-order valence-electron chi connectivity index (χ1n) is 14.5. The maximum atomic E-state index is 13.4. The van der Waals surface area contributed by atoms with Gasteiger partial charge in [-0.15, -0.1) is 0 Å². The number of carbonyl (C=O) groups excluding carboxylic acids is 2. The minimum absolute atomic E-state index is 0.0872. The van der Waals surface area contributed by atoms with Crippen LogP contribution in [0.5, 0.6) is 0 Å². The van der Waals surface area contributed by atoms with Gasteiger partial charge in [0.25, 0.3) is 0 Å². The summed E-state index contributed by atoms with van der Waals surface area (Å²) in [6.07, 6.45) is 2.83. The normalized spacial score (nSPS) is 27.2. The maximum Gasteiger partial charge on any atom is 0.349 e. The first-order chi connectivity index (χ1) is 16.8. The van der Waals surface area contributed by atoms with Crippen LogP contribution in [-0.2, 0) is 18.4 Å². The van der Waals surface area contributed by atoms with Crippen LogP contribution < -0.4 is 0 Å². The lowest BCUT2D eigenvalue weighted by Crippen LogP contribution is -2.68. The van der Waals surface area contributed by atoms with Gasteiger partial charge in [-0.1, -0.05) is 102 Å². The van der Waals surface area contributed by atoms with Gasteiger partial charge in [-0.05, 0) is 19.8 Å². The molecule has 0 radical (unpaired) electrons. The Morgan fingerprint density at radius 2 is 1.43 bits per heavy atom. The third-order valence-electron chi connectivity index (χ3n) is 8.65. The Balaban J connectivity index is 3.43. The van der Waals surface area contributed by atoms with Crippen molar-refractivity contribution in [1.82, 2.24) is 0 Å². The molecule has 5 nitrogen and oxygen atoms in total.